The molecule has 1 heterocycles. The van der Waals surface area contributed by atoms with Gasteiger partial charge in [-0.2, -0.15) is 4.37 Å². The van der Waals surface area contributed by atoms with E-state index in [0.717, 1.165) is 14.4 Å². The first-order valence-corrected chi connectivity index (χ1v) is 7.01. The Kier molecular flexibility index (Phi) is 3.40. The molecule has 14 heavy (non-hydrogen) atoms. The van der Waals surface area contributed by atoms with Gasteiger partial charge in [-0.05, 0) is 29.9 Å². The molecular formula is C9H7IN2S2. The summed E-state index contributed by atoms with van der Waals surface area (Å²) in [5, 5.41) is 0.988. The molecule has 72 valence electrons. The van der Waals surface area contributed by atoms with Crippen molar-refractivity contribution in [3.63, 3.8) is 0 Å². The van der Waals surface area contributed by atoms with Crippen molar-refractivity contribution in [3.8, 4) is 10.6 Å². The van der Waals surface area contributed by atoms with E-state index >= 15 is 0 Å². The Labute approximate surface area is 104 Å². The van der Waals surface area contributed by atoms with E-state index in [4.69, 9.17) is 0 Å². The molecule has 0 spiro atoms. The second-order valence-electron chi connectivity index (χ2n) is 2.60. The van der Waals surface area contributed by atoms with Crippen LogP contribution in [0.15, 0.2) is 29.2 Å². The Morgan fingerprint density at radius 2 is 2.00 bits per heavy atom. The number of rotatable bonds is 2. The monoisotopic (exact) mass is 334 g/mol. The highest BCUT2D eigenvalue weighted by molar-refractivity contribution is 14.1. The zero-order chi connectivity index (χ0) is 9.97. The quantitative estimate of drug-likeness (QED) is 0.621. The number of thioether (sulfide) groups is 1. The molecule has 0 radical (unpaired) electrons. The molecule has 0 N–H and O–H groups in total. The summed E-state index contributed by atoms with van der Waals surface area (Å²) in [6.07, 6.45) is 2.07. The van der Waals surface area contributed by atoms with Crippen LogP contribution in [0.2, 0.25) is 0 Å². The average molecular weight is 334 g/mol. The van der Waals surface area contributed by atoms with Crippen molar-refractivity contribution in [2.24, 2.45) is 0 Å². The summed E-state index contributed by atoms with van der Waals surface area (Å²) >= 11 is 5.31. The van der Waals surface area contributed by atoms with Crippen LogP contribution < -0.4 is 0 Å². The van der Waals surface area contributed by atoms with Gasteiger partial charge < -0.3 is 0 Å². The van der Waals surface area contributed by atoms with Gasteiger partial charge in [0.15, 0.2) is 0 Å². The predicted octanol–water partition coefficient (Wildman–Crippen LogP) is 3.53. The Hall–Kier alpha value is -0.140. The topological polar surface area (TPSA) is 25.8 Å². The lowest BCUT2D eigenvalue weighted by Gasteiger charge is -1.97. The molecule has 0 aliphatic heterocycles. The van der Waals surface area contributed by atoms with E-state index in [-0.39, 0.29) is 0 Å². The Morgan fingerprint density at radius 1 is 1.29 bits per heavy atom. The van der Waals surface area contributed by atoms with Crippen molar-refractivity contribution in [3.05, 3.63) is 28.1 Å². The van der Waals surface area contributed by atoms with Crippen molar-refractivity contribution in [2.45, 2.75) is 4.90 Å². The third kappa shape index (κ3) is 2.26. The van der Waals surface area contributed by atoms with Gasteiger partial charge in [0.2, 0.25) is 3.83 Å². The Bertz CT molecular complexity index is 425. The predicted molar refractivity (Wildman–Crippen MR) is 69.8 cm³/mol. The second-order valence-corrected chi connectivity index (χ2v) is 5.19. The number of nitrogens with zero attached hydrogens (tertiary/aromatic N) is 2. The number of aromatic nitrogens is 2. The second kappa shape index (κ2) is 4.59. The molecule has 0 fully saturated rings. The smallest absolute Gasteiger partial charge is 0.203 e. The lowest BCUT2D eigenvalue weighted by molar-refractivity contribution is 1.25. The van der Waals surface area contributed by atoms with Crippen LogP contribution in [0, 0.1) is 3.83 Å². The highest BCUT2D eigenvalue weighted by Crippen LogP contribution is 2.24. The molecule has 2 rings (SSSR count). The van der Waals surface area contributed by atoms with Crippen LogP contribution in [0.5, 0.6) is 0 Å². The van der Waals surface area contributed by atoms with Crippen LogP contribution in [0.4, 0.5) is 0 Å². The van der Waals surface area contributed by atoms with Gasteiger partial charge in [-0.3, -0.25) is 0 Å². The minimum atomic E-state index is 0.816. The SMILES string of the molecule is CSc1ccc(-c2nc(I)ns2)cc1. The average Bonchev–Trinajstić information content (AvgIpc) is 2.65. The maximum Gasteiger partial charge on any atom is 0.203 e. The zero-order valence-corrected chi connectivity index (χ0v) is 11.2. The fourth-order valence-corrected chi connectivity index (χ4v) is 2.74. The summed E-state index contributed by atoms with van der Waals surface area (Å²) < 4.78 is 4.96. The first-order chi connectivity index (χ1) is 6.79. The third-order valence-corrected chi connectivity index (χ3v) is 4.06. The van der Waals surface area contributed by atoms with Crippen molar-refractivity contribution in [1.82, 2.24) is 9.36 Å². The van der Waals surface area contributed by atoms with Crippen molar-refractivity contribution in [2.75, 3.05) is 6.26 Å². The highest BCUT2D eigenvalue weighted by Gasteiger charge is 2.03. The van der Waals surface area contributed by atoms with E-state index in [0.29, 0.717) is 0 Å². The van der Waals surface area contributed by atoms with Crippen molar-refractivity contribution >= 4 is 45.9 Å². The molecule has 0 aliphatic rings. The van der Waals surface area contributed by atoms with E-state index in [2.05, 4.69) is 62.5 Å². The van der Waals surface area contributed by atoms with Gasteiger partial charge in [0, 0.05) is 33.0 Å². The lowest BCUT2D eigenvalue weighted by Crippen LogP contribution is -1.77. The summed E-state index contributed by atoms with van der Waals surface area (Å²) in [5.41, 5.74) is 1.14. The van der Waals surface area contributed by atoms with Gasteiger partial charge in [0.25, 0.3) is 0 Å². The molecule has 0 saturated carbocycles. The molecule has 2 aromatic rings. The van der Waals surface area contributed by atoms with Crippen LogP contribution in [-0.4, -0.2) is 15.6 Å². The minimum Gasteiger partial charge on any atom is -0.210 e. The van der Waals surface area contributed by atoms with Gasteiger partial charge in [-0.15, -0.1) is 11.8 Å². The van der Waals surface area contributed by atoms with E-state index in [1.54, 1.807) is 11.8 Å². The molecule has 0 aliphatic carbocycles. The van der Waals surface area contributed by atoms with Gasteiger partial charge in [0.05, 0.1) is 0 Å². The first kappa shape index (κ1) is 10.4. The third-order valence-electron chi connectivity index (χ3n) is 1.74. The molecule has 0 unspecified atom stereocenters. The molecule has 2 nitrogen and oxygen atoms in total. The summed E-state index contributed by atoms with van der Waals surface area (Å²) in [6.45, 7) is 0. The van der Waals surface area contributed by atoms with Gasteiger partial charge in [-0.25, -0.2) is 4.98 Å². The first-order valence-electron chi connectivity index (χ1n) is 3.93. The van der Waals surface area contributed by atoms with Crippen LogP contribution in [-0.2, 0) is 0 Å². The van der Waals surface area contributed by atoms with Crippen LogP contribution in [0.25, 0.3) is 10.6 Å². The van der Waals surface area contributed by atoms with Gasteiger partial charge in [-0.1, -0.05) is 12.1 Å². The maximum absolute atomic E-state index is 4.32. The van der Waals surface area contributed by atoms with Crippen LogP contribution >= 0.6 is 45.9 Å². The standard InChI is InChI=1S/C9H7IN2S2/c1-13-7-4-2-6(3-5-7)8-11-9(10)12-14-8/h2-5H,1H3. The number of hydrogen-bond donors (Lipinski definition) is 0. The largest absolute Gasteiger partial charge is 0.210 e. The molecule has 0 saturated heterocycles. The number of hydrogen-bond acceptors (Lipinski definition) is 4. The Balaban J connectivity index is 2.33. The minimum absolute atomic E-state index is 0.816. The zero-order valence-electron chi connectivity index (χ0n) is 7.40. The molecule has 0 atom stereocenters. The summed E-state index contributed by atoms with van der Waals surface area (Å²) in [7, 11) is 0. The molecular weight excluding hydrogens is 327 g/mol. The van der Waals surface area contributed by atoms with E-state index in [1.807, 2.05) is 0 Å². The molecule has 5 heteroatoms. The molecule has 1 aromatic carbocycles. The normalized spacial score (nSPS) is 10.4. The van der Waals surface area contributed by atoms with E-state index < -0.39 is 0 Å². The Morgan fingerprint density at radius 3 is 2.50 bits per heavy atom. The number of halogens is 1. The fourth-order valence-electron chi connectivity index (χ4n) is 1.06. The molecule has 1 aromatic heterocycles. The fraction of sp³-hybridized carbons (Fsp3) is 0.111. The van der Waals surface area contributed by atoms with Crippen LogP contribution in [0.3, 0.4) is 0 Å². The van der Waals surface area contributed by atoms with Gasteiger partial charge >= 0.3 is 0 Å². The summed E-state index contributed by atoms with van der Waals surface area (Å²) in [5.74, 6) is 0. The van der Waals surface area contributed by atoms with E-state index in [9.17, 15) is 0 Å². The maximum atomic E-state index is 4.32. The van der Waals surface area contributed by atoms with E-state index in [1.165, 1.54) is 16.4 Å². The van der Waals surface area contributed by atoms with Crippen LogP contribution in [0.1, 0.15) is 0 Å². The van der Waals surface area contributed by atoms with Gasteiger partial charge in [0.1, 0.15) is 5.01 Å². The van der Waals surface area contributed by atoms with Crippen molar-refractivity contribution < 1.29 is 0 Å². The molecule has 0 amide bonds. The summed E-state index contributed by atoms with van der Waals surface area (Å²) in [6, 6.07) is 8.38. The lowest BCUT2D eigenvalue weighted by atomic mass is 10.2. The molecule has 0 bridgehead atoms. The van der Waals surface area contributed by atoms with Crippen molar-refractivity contribution in [1.29, 1.82) is 0 Å². The summed E-state index contributed by atoms with van der Waals surface area (Å²) in [4.78, 5) is 5.59. The number of benzene rings is 1. The highest BCUT2D eigenvalue weighted by atomic mass is 127.